The number of carboxylic acid groups (broad SMARTS) is 1. The summed E-state index contributed by atoms with van der Waals surface area (Å²) in [6.07, 6.45) is 8.10. The van der Waals surface area contributed by atoms with E-state index in [1.807, 2.05) is 16.8 Å². The van der Waals surface area contributed by atoms with Crippen molar-refractivity contribution in [3.05, 3.63) is 53.1 Å². The topological polar surface area (TPSA) is 55.1 Å². The predicted molar refractivity (Wildman–Crippen MR) is 79.2 cm³/mol. The molecule has 0 aliphatic heterocycles. The molecule has 0 spiro atoms. The maximum Gasteiger partial charge on any atom is 0.328 e. The van der Waals surface area contributed by atoms with Crippen molar-refractivity contribution >= 4 is 23.6 Å². The lowest BCUT2D eigenvalue weighted by atomic mass is 10.1. The van der Waals surface area contributed by atoms with Crippen LogP contribution >= 0.6 is 11.6 Å². The molecule has 0 bridgehead atoms. The molecule has 5 heteroatoms. The number of rotatable bonds is 5. The molecule has 0 atom stereocenters. The second-order valence-electron chi connectivity index (χ2n) is 4.34. The Morgan fingerprint density at radius 3 is 3.00 bits per heavy atom. The van der Waals surface area contributed by atoms with Gasteiger partial charge in [0.15, 0.2) is 0 Å². The van der Waals surface area contributed by atoms with Crippen molar-refractivity contribution < 1.29 is 9.90 Å². The number of aryl methyl sites for hydroxylation is 1. The van der Waals surface area contributed by atoms with E-state index in [0.717, 1.165) is 36.0 Å². The zero-order chi connectivity index (χ0) is 14.5. The van der Waals surface area contributed by atoms with E-state index in [2.05, 4.69) is 11.9 Å². The minimum atomic E-state index is -0.990. The van der Waals surface area contributed by atoms with Crippen LogP contribution in [0.4, 0.5) is 0 Å². The van der Waals surface area contributed by atoms with Crippen molar-refractivity contribution in [1.82, 2.24) is 9.55 Å². The Bertz CT molecular complexity index is 647. The first-order valence-corrected chi connectivity index (χ1v) is 6.72. The maximum atomic E-state index is 10.7. The summed E-state index contributed by atoms with van der Waals surface area (Å²) in [6.45, 7) is 2.09. The molecule has 1 aromatic carbocycles. The lowest BCUT2D eigenvalue weighted by Gasteiger charge is -2.11. The summed E-state index contributed by atoms with van der Waals surface area (Å²) in [6, 6.07) is 5.39. The van der Waals surface area contributed by atoms with Gasteiger partial charge in [-0.15, -0.1) is 0 Å². The van der Waals surface area contributed by atoms with Gasteiger partial charge in [0.2, 0.25) is 0 Å². The average molecular weight is 291 g/mol. The molecule has 104 valence electrons. The van der Waals surface area contributed by atoms with Gasteiger partial charge in [-0.25, -0.2) is 9.78 Å². The third-order valence-electron chi connectivity index (χ3n) is 2.85. The van der Waals surface area contributed by atoms with E-state index >= 15 is 0 Å². The first-order chi connectivity index (χ1) is 9.61. The van der Waals surface area contributed by atoms with Gasteiger partial charge >= 0.3 is 5.97 Å². The molecule has 2 rings (SSSR count). The third kappa shape index (κ3) is 3.27. The first kappa shape index (κ1) is 14.3. The summed E-state index contributed by atoms with van der Waals surface area (Å²) in [4.78, 5) is 15.0. The predicted octanol–water partition coefficient (Wildman–Crippen LogP) is 3.58. The molecule has 0 unspecified atom stereocenters. The highest BCUT2D eigenvalue weighted by Crippen LogP contribution is 2.22. The molecule has 2 aromatic rings. The van der Waals surface area contributed by atoms with Gasteiger partial charge in [0.05, 0.1) is 5.69 Å². The van der Waals surface area contributed by atoms with Crippen molar-refractivity contribution in [2.45, 2.75) is 19.8 Å². The number of aliphatic carboxylic acids is 1. The van der Waals surface area contributed by atoms with Crippen LogP contribution in [-0.4, -0.2) is 20.6 Å². The zero-order valence-electron chi connectivity index (χ0n) is 11.1. The number of hydrogen-bond donors (Lipinski definition) is 1. The van der Waals surface area contributed by atoms with E-state index in [-0.39, 0.29) is 0 Å². The molecule has 0 fully saturated rings. The number of halogens is 1. The fraction of sp³-hybridized carbons (Fsp3) is 0.200. The standard InChI is InChI=1S/C15H15ClN2O2/c1-2-3-14-17-8-9-18(14)13-6-5-12(16)10-11(13)4-7-15(19)20/h4-10H,2-3H2,1H3,(H,19,20)/b7-4+. The van der Waals surface area contributed by atoms with Crippen LogP contribution in [0.15, 0.2) is 36.7 Å². The Morgan fingerprint density at radius 2 is 2.30 bits per heavy atom. The highest BCUT2D eigenvalue weighted by molar-refractivity contribution is 6.30. The normalized spacial score (nSPS) is 11.1. The monoisotopic (exact) mass is 290 g/mol. The van der Waals surface area contributed by atoms with Crippen LogP contribution in [0.3, 0.4) is 0 Å². The van der Waals surface area contributed by atoms with E-state index < -0.39 is 5.97 Å². The summed E-state index contributed by atoms with van der Waals surface area (Å²) in [5, 5.41) is 9.33. The molecule has 0 aliphatic rings. The fourth-order valence-corrected chi connectivity index (χ4v) is 2.18. The minimum Gasteiger partial charge on any atom is -0.478 e. The molecule has 1 N–H and O–H groups in total. The SMILES string of the molecule is CCCc1nccn1-c1ccc(Cl)cc1/C=C/C(=O)O. The van der Waals surface area contributed by atoms with Gasteiger partial charge in [0.1, 0.15) is 5.82 Å². The summed E-state index contributed by atoms with van der Waals surface area (Å²) in [5.41, 5.74) is 1.61. The van der Waals surface area contributed by atoms with E-state index in [1.54, 1.807) is 24.4 Å². The summed E-state index contributed by atoms with van der Waals surface area (Å²) in [5.74, 6) is -0.0462. The van der Waals surface area contributed by atoms with Gasteiger partial charge in [-0.2, -0.15) is 0 Å². The lowest BCUT2D eigenvalue weighted by molar-refractivity contribution is -0.131. The van der Waals surface area contributed by atoms with Crippen LogP contribution in [0.5, 0.6) is 0 Å². The van der Waals surface area contributed by atoms with Crippen molar-refractivity contribution in [2.24, 2.45) is 0 Å². The molecule has 0 saturated carbocycles. The number of imidazole rings is 1. The first-order valence-electron chi connectivity index (χ1n) is 6.35. The fourth-order valence-electron chi connectivity index (χ4n) is 2.00. The van der Waals surface area contributed by atoms with E-state index in [1.165, 1.54) is 0 Å². The van der Waals surface area contributed by atoms with Crippen molar-refractivity contribution in [3.8, 4) is 5.69 Å². The van der Waals surface area contributed by atoms with E-state index in [4.69, 9.17) is 16.7 Å². The van der Waals surface area contributed by atoms with Crippen LogP contribution in [0.25, 0.3) is 11.8 Å². The van der Waals surface area contributed by atoms with Gasteiger partial charge in [-0.3, -0.25) is 0 Å². The van der Waals surface area contributed by atoms with Crippen LogP contribution in [0.1, 0.15) is 24.7 Å². The smallest absolute Gasteiger partial charge is 0.328 e. The molecule has 0 radical (unpaired) electrons. The van der Waals surface area contributed by atoms with Crippen LogP contribution in [-0.2, 0) is 11.2 Å². The van der Waals surface area contributed by atoms with Crippen molar-refractivity contribution in [3.63, 3.8) is 0 Å². The summed E-state index contributed by atoms with van der Waals surface area (Å²) < 4.78 is 1.96. The van der Waals surface area contributed by atoms with Crippen LogP contribution in [0.2, 0.25) is 5.02 Å². The largest absolute Gasteiger partial charge is 0.478 e. The number of benzene rings is 1. The molecule has 0 amide bonds. The maximum absolute atomic E-state index is 10.7. The lowest BCUT2D eigenvalue weighted by Crippen LogP contribution is -2.02. The molecule has 1 heterocycles. The van der Waals surface area contributed by atoms with Crippen LogP contribution < -0.4 is 0 Å². The Labute approximate surface area is 122 Å². The number of carbonyl (C=O) groups is 1. The van der Waals surface area contributed by atoms with Gasteiger partial charge < -0.3 is 9.67 Å². The Hall–Kier alpha value is -2.07. The number of hydrogen-bond acceptors (Lipinski definition) is 2. The van der Waals surface area contributed by atoms with E-state index in [0.29, 0.717) is 5.02 Å². The Morgan fingerprint density at radius 1 is 1.50 bits per heavy atom. The Kier molecular flexibility index (Phi) is 4.58. The van der Waals surface area contributed by atoms with Gasteiger partial charge in [-0.05, 0) is 30.7 Å². The Balaban J connectivity index is 2.50. The molecule has 0 saturated heterocycles. The molecular weight excluding hydrogens is 276 g/mol. The second kappa shape index (κ2) is 6.39. The third-order valence-corrected chi connectivity index (χ3v) is 3.08. The summed E-state index contributed by atoms with van der Waals surface area (Å²) >= 11 is 5.99. The van der Waals surface area contributed by atoms with Gasteiger partial charge in [0, 0.05) is 35.5 Å². The highest BCUT2D eigenvalue weighted by atomic mass is 35.5. The van der Waals surface area contributed by atoms with Crippen LogP contribution in [0, 0.1) is 0 Å². The zero-order valence-corrected chi connectivity index (χ0v) is 11.8. The van der Waals surface area contributed by atoms with Gasteiger partial charge in [0.25, 0.3) is 0 Å². The summed E-state index contributed by atoms with van der Waals surface area (Å²) in [7, 11) is 0. The van der Waals surface area contributed by atoms with Gasteiger partial charge in [-0.1, -0.05) is 18.5 Å². The molecule has 20 heavy (non-hydrogen) atoms. The molecular formula is C15H15ClN2O2. The van der Waals surface area contributed by atoms with Crippen molar-refractivity contribution in [1.29, 1.82) is 0 Å². The number of carboxylic acids is 1. The number of aromatic nitrogens is 2. The molecule has 0 aliphatic carbocycles. The minimum absolute atomic E-state index is 0.566. The van der Waals surface area contributed by atoms with E-state index in [9.17, 15) is 4.79 Å². The molecule has 4 nitrogen and oxygen atoms in total. The highest BCUT2D eigenvalue weighted by Gasteiger charge is 2.08. The average Bonchev–Trinajstić information content (AvgIpc) is 2.85. The second-order valence-corrected chi connectivity index (χ2v) is 4.77. The quantitative estimate of drug-likeness (QED) is 0.856. The molecule has 1 aromatic heterocycles. The van der Waals surface area contributed by atoms with Crippen molar-refractivity contribution in [2.75, 3.05) is 0 Å². The number of nitrogens with zero attached hydrogens (tertiary/aromatic N) is 2.